The molecule has 1 aromatic heterocycles. The second kappa shape index (κ2) is 5.50. The molecule has 84 valence electrons. The van der Waals surface area contributed by atoms with Gasteiger partial charge in [0.25, 0.3) is 5.91 Å². The van der Waals surface area contributed by atoms with E-state index in [-0.39, 0.29) is 12.0 Å². The van der Waals surface area contributed by atoms with E-state index in [1.165, 1.54) is 6.20 Å². The fraction of sp³-hybridized carbons (Fsp3) is 0.600. The first kappa shape index (κ1) is 11.7. The monoisotopic (exact) mass is 211 g/mol. The molecule has 0 fully saturated rings. The van der Waals surface area contributed by atoms with E-state index in [4.69, 9.17) is 5.11 Å². The van der Waals surface area contributed by atoms with Gasteiger partial charge in [-0.2, -0.15) is 5.10 Å². The molecule has 1 rings (SSSR count). The van der Waals surface area contributed by atoms with Gasteiger partial charge >= 0.3 is 0 Å². The van der Waals surface area contributed by atoms with Gasteiger partial charge < -0.3 is 10.4 Å². The van der Waals surface area contributed by atoms with Gasteiger partial charge in [0.15, 0.2) is 0 Å². The molecule has 1 heterocycles. The minimum atomic E-state index is -0.308. The van der Waals surface area contributed by atoms with Crippen molar-refractivity contribution < 1.29 is 9.90 Å². The van der Waals surface area contributed by atoms with Crippen molar-refractivity contribution >= 4 is 5.91 Å². The smallest absolute Gasteiger partial charge is 0.254 e. The first-order valence-electron chi connectivity index (χ1n) is 5.07. The lowest BCUT2D eigenvalue weighted by molar-refractivity contribution is 0.0949. The lowest BCUT2D eigenvalue weighted by Gasteiger charge is -2.05. The van der Waals surface area contributed by atoms with E-state index in [0.29, 0.717) is 18.5 Å². The normalized spacial score (nSPS) is 12.5. The van der Waals surface area contributed by atoms with Gasteiger partial charge in [0.1, 0.15) is 0 Å². The lowest BCUT2D eigenvalue weighted by Crippen LogP contribution is -2.25. The summed E-state index contributed by atoms with van der Waals surface area (Å²) in [5.74, 6) is -0.119. The van der Waals surface area contributed by atoms with Crippen LogP contribution in [-0.2, 0) is 0 Å². The molecule has 1 unspecified atom stereocenters. The van der Waals surface area contributed by atoms with Gasteiger partial charge in [0.2, 0.25) is 0 Å². The van der Waals surface area contributed by atoms with Crippen LogP contribution in [0.1, 0.15) is 35.8 Å². The molecule has 1 aromatic rings. The number of carbonyl (C=O) groups is 1. The number of aromatic amines is 1. The van der Waals surface area contributed by atoms with Gasteiger partial charge in [-0.15, -0.1) is 0 Å². The van der Waals surface area contributed by atoms with Gasteiger partial charge in [-0.25, -0.2) is 0 Å². The van der Waals surface area contributed by atoms with Crippen LogP contribution in [0.25, 0.3) is 0 Å². The van der Waals surface area contributed by atoms with E-state index in [1.54, 1.807) is 13.8 Å². The molecule has 0 saturated heterocycles. The molecule has 1 atom stereocenters. The van der Waals surface area contributed by atoms with Crippen LogP contribution in [0.4, 0.5) is 0 Å². The minimum Gasteiger partial charge on any atom is -0.393 e. The maximum Gasteiger partial charge on any atom is 0.254 e. The third-order valence-electron chi connectivity index (χ3n) is 2.16. The molecule has 15 heavy (non-hydrogen) atoms. The van der Waals surface area contributed by atoms with E-state index in [2.05, 4.69) is 15.5 Å². The molecule has 5 nitrogen and oxygen atoms in total. The maximum atomic E-state index is 11.5. The van der Waals surface area contributed by atoms with Crippen LogP contribution in [0.5, 0.6) is 0 Å². The highest BCUT2D eigenvalue weighted by Crippen LogP contribution is 2.02. The molecule has 0 radical (unpaired) electrons. The highest BCUT2D eigenvalue weighted by molar-refractivity contribution is 5.94. The van der Waals surface area contributed by atoms with Gasteiger partial charge in [0.05, 0.1) is 17.9 Å². The number of carbonyl (C=O) groups excluding carboxylic acids is 1. The largest absolute Gasteiger partial charge is 0.393 e. The molecule has 0 aliphatic rings. The Balaban J connectivity index is 2.28. The SMILES string of the molecule is Cc1[nH]ncc1C(=O)NCCCC(C)O. The number of aliphatic hydroxyl groups is 1. The molecule has 0 aliphatic heterocycles. The molecule has 1 amide bonds. The van der Waals surface area contributed by atoms with Crippen LogP contribution < -0.4 is 5.32 Å². The number of aliphatic hydroxyl groups excluding tert-OH is 1. The molecule has 0 bridgehead atoms. The van der Waals surface area contributed by atoms with Crippen molar-refractivity contribution in [2.75, 3.05) is 6.54 Å². The van der Waals surface area contributed by atoms with Crippen molar-refractivity contribution in [2.24, 2.45) is 0 Å². The predicted octanol–water partition coefficient (Wildman–Crippen LogP) is 0.609. The Bertz CT molecular complexity index is 320. The van der Waals surface area contributed by atoms with Crippen molar-refractivity contribution in [1.29, 1.82) is 0 Å². The minimum absolute atomic E-state index is 0.119. The molecule has 0 spiro atoms. The Morgan fingerprint density at radius 1 is 1.73 bits per heavy atom. The maximum absolute atomic E-state index is 11.5. The van der Waals surface area contributed by atoms with E-state index < -0.39 is 0 Å². The molecule has 5 heteroatoms. The highest BCUT2D eigenvalue weighted by atomic mass is 16.3. The first-order chi connectivity index (χ1) is 7.11. The van der Waals surface area contributed by atoms with Crippen molar-refractivity contribution in [1.82, 2.24) is 15.5 Å². The summed E-state index contributed by atoms with van der Waals surface area (Å²) >= 11 is 0. The topological polar surface area (TPSA) is 78.0 Å². The summed E-state index contributed by atoms with van der Waals surface area (Å²) in [6.07, 6.45) is 2.68. The summed E-state index contributed by atoms with van der Waals surface area (Å²) in [4.78, 5) is 11.5. The number of aromatic nitrogens is 2. The average Bonchev–Trinajstić information content (AvgIpc) is 2.58. The summed E-state index contributed by atoms with van der Waals surface area (Å²) in [5, 5.41) is 18.3. The Morgan fingerprint density at radius 2 is 2.47 bits per heavy atom. The quantitative estimate of drug-likeness (QED) is 0.624. The van der Waals surface area contributed by atoms with Crippen LogP contribution in [0.3, 0.4) is 0 Å². The zero-order valence-corrected chi connectivity index (χ0v) is 9.08. The summed E-state index contributed by atoms with van der Waals surface area (Å²) in [6.45, 7) is 4.12. The number of aryl methyl sites for hydroxylation is 1. The van der Waals surface area contributed by atoms with Crippen LogP contribution in [0.15, 0.2) is 6.20 Å². The first-order valence-corrected chi connectivity index (χ1v) is 5.07. The van der Waals surface area contributed by atoms with Crippen molar-refractivity contribution in [3.05, 3.63) is 17.5 Å². The summed E-state index contributed by atoms with van der Waals surface area (Å²) < 4.78 is 0. The second-order valence-corrected chi connectivity index (χ2v) is 3.66. The highest BCUT2D eigenvalue weighted by Gasteiger charge is 2.09. The zero-order valence-electron chi connectivity index (χ0n) is 9.08. The lowest BCUT2D eigenvalue weighted by atomic mass is 10.2. The van der Waals surface area contributed by atoms with Crippen molar-refractivity contribution in [2.45, 2.75) is 32.8 Å². The van der Waals surface area contributed by atoms with Crippen molar-refractivity contribution in [3.8, 4) is 0 Å². The van der Waals surface area contributed by atoms with Gasteiger partial charge in [-0.3, -0.25) is 9.89 Å². The fourth-order valence-corrected chi connectivity index (χ4v) is 1.27. The van der Waals surface area contributed by atoms with E-state index in [1.807, 2.05) is 0 Å². The molecular weight excluding hydrogens is 194 g/mol. The number of nitrogens with one attached hydrogen (secondary N) is 2. The van der Waals surface area contributed by atoms with Crippen molar-refractivity contribution in [3.63, 3.8) is 0 Å². The standard InChI is InChI=1S/C10H17N3O2/c1-7(14)4-3-5-11-10(15)9-6-12-13-8(9)2/h6-7,14H,3-5H2,1-2H3,(H,11,15)(H,12,13). The number of hydrogen-bond acceptors (Lipinski definition) is 3. The third-order valence-corrected chi connectivity index (χ3v) is 2.16. The Kier molecular flexibility index (Phi) is 4.30. The van der Waals surface area contributed by atoms with Gasteiger partial charge in [-0.05, 0) is 26.7 Å². The van der Waals surface area contributed by atoms with Crippen LogP contribution >= 0.6 is 0 Å². The van der Waals surface area contributed by atoms with E-state index >= 15 is 0 Å². The number of hydrogen-bond donors (Lipinski definition) is 3. The zero-order chi connectivity index (χ0) is 11.3. The molecule has 0 saturated carbocycles. The van der Waals surface area contributed by atoms with E-state index in [9.17, 15) is 4.79 Å². The van der Waals surface area contributed by atoms with Crippen LogP contribution in [0.2, 0.25) is 0 Å². The average molecular weight is 211 g/mol. The molecule has 3 N–H and O–H groups in total. The summed E-state index contributed by atoms with van der Waals surface area (Å²) in [6, 6.07) is 0. The van der Waals surface area contributed by atoms with Crippen LogP contribution in [-0.4, -0.2) is 33.9 Å². The Morgan fingerprint density at radius 3 is 3.00 bits per heavy atom. The summed E-state index contributed by atoms with van der Waals surface area (Å²) in [7, 11) is 0. The molecule has 0 aromatic carbocycles. The number of nitrogens with zero attached hydrogens (tertiary/aromatic N) is 1. The number of amides is 1. The van der Waals surface area contributed by atoms with Crippen LogP contribution in [0, 0.1) is 6.92 Å². The number of rotatable bonds is 5. The fourth-order valence-electron chi connectivity index (χ4n) is 1.27. The van der Waals surface area contributed by atoms with Gasteiger partial charge in [0, 0.05) is 12.2 Å². The van der Waals surface area contributed by atoms with Gasteiger partial charge in [-0.1, -0.05) is 0 Å². The third kappa shape index (κ3) is 3.71. The number of H-pyrrole nitrogens is 1. The second-order valence-electron chi connectivity index (χ2n) is 3.66. The molecule has 0 aliphatic carbocycles. The molecular formula is C10H17N3O2. The van der Waals surface area contributed by atoms with E-state index in [0.717, 1.165) is 12.1 Å². The predicted molar refractivity (Wildman–Crippen MR) is 56.6 cm³/mol. The Hall–Kier alpha value is -1.36. The Labute approximate surface area is 88.9 Å². The summed E-state index contributed by atoms with van der Waals surface area (Å²) in [5.41, 5.74) is 1.34.